The first-order valence-electron chi connectivity index (χ1n) is 6.07. The molecule has 4 rings (SSSR count). The van der Waals surface area contributed by atoms with E-state index in [2.05, 4.69) is 31.9 Å². The fourth-order valence-corrected chi connectivity index (χ4v) is 2.26. The molecular formula is C15H10N4. The van der Waals surface area contributed by atoms with Gasteiger partial charge in [0.1, 0.15) is 16.7 Å². The third kappa shape index (κ3) is 1.57. The molecule has 4 nitrogen and oxygen atoms in total. The summed E-state index contributed by atoms with van der Waals surface area (Å²) >= 11 is 0. The zero-order valence-electron chi connectivity index (χ0n) is 10.1. The predicted octanol–water partition coefficient (Wildman–Crippen LogP) is 2.97. The highest BCUT2D eigenvalue weighted by atomic mass is 15.1. The highest BCUT2D eigenvalue weighted by Gasteiger charge is 2.06. The number of fused-ring (bicyclic) bond motifs is 2. The van der Waals surface area contributed by atoms with Gasteiger partial charge in [-0.15, -0.1) is 5.10 Å². The first-order valence-corrected chi connectivity index (χ1v) is 6.07. The third-order valence-electron chi connectivity index (χ3n) is 3.16. The molecule has 4 heteroatoms. The zero-order chi connectivity index (χ0) is 12.7. The van der Waals surface area contributed by atoms with Crippen LogP contribution in [0.25, 0.3) is 27.8 Å². The average Bonchev–Trinajstić information content (AvgIpc) is 2.92. The van der Waals surface area contributed by atoms with Gasteiger partial charge in [-0.2, -0.15) is 5.10 Å². The number of para-hydroxylation sites is 1. The minimum Gasteiger partial charge on any atom is -0.301 e. The molecule has 3 heterocycles. The van der Waals surface area contributed by atoms with Crippen molar-refractivity contribution in [1.82, 2.24) is 19.7 Å². The monoisotopic (exact) mass is 246 g/mol. The van der Waals surface area contributed by atoms with Gasteiger partial charge in [-0.1, -0.05) is 18.2 Å². The Hall–Kier alpha value is -2.75. The summed E-state index contributed by atoms with van der Waals surface area (Å²) in [4.78, 5) is 4.65. The Balaban J connectivity index is 2.10. The van der Waals surface area contributed by atoms with Crippen LogP contribution in [0.2, 0.25) is 0 Å². The SMILES string of the molecule is c1ccc(-n2cccc3cc4nncc4nc32)cc1. The third-order valence-corrected chi connectivity index (χ3v) is 3.16. The fraction of sp³-hybridized carbons (Fsp3) is 0. The van der Waals surface area contributed by atoms with Crippen LogP contribution in [0, 0.1) is 0 Å². The minimum atomic E-state index is 0.823. The van der Waals surface area contributed by atoms with E-state index in [1.807, 2.05) is 42.6 Å². The Morgan fingerprint density at radius 3 is 2.68 bits per heavy atom. The summed E-state index contributed by atoms with van der Waals surface area (Å²) in [5.41, 5.74) is 3.66. The topological polar surface area (TPSA) is 43.6 Å². The van der Waals surface area contributed by atoms with Crippen LogP contribution in [0.15, 0.2) is 60.9 Å². The van der Waals surface area contributed by atoms with Gasteiger partial charge in [0.25, 0.3) is 0 Å². The lowest BCUT2D eigenvalue weighted by atomic mass is 10.2. The van der Waals surface area contributed by atoms with Crippen molar-refractivity contribution in [1.29, 1.82) is 0 Å². The van der Waals surface area contributed by atoms with E-state index < -0.39 is 0 Å². The normalized spacial score (nSPS) is 11.2. The zero-order valence-corrected chi connectivity index (χ0v) is 10.1. The van der Waals surface area contributed by atoms with Crippen LogP contribution in [-0.4, -0.2) is 19.7 Å². The lowest BCUT2D eigenvalue weighted by molar-refractivity contribution is 1.08. The molecule has 0 bridgehead atoms. The molecule has 0 saturated carbocycles. The largest absolute Gasteiger partial charge is 0.301 e. The maximum atomic E-state index is 4.65. The first-order chi connectivity index (χ1) is 9.42. The molecule has 0 aliphatic heterocycles. The Kier molecular flexibility index (Phi) is 2.08. The maximum absolute atomic E-state index is 4.65. The van der Waals surface area contributed by atoms with Gasteiger partial charge in [0, 0.05) is 17.3 Å². The molecule has 1 aromatic carbocycles. The van der Waals surface area contributed by atoms with Crippen LogP contribution in [-0.2, 0) is 0 Å². The molecule has 90 valence electrons. The smallest absolute Gasteiger partial charge is 0.145 e. The van der Waals surface area contributed by atoms with Gasteiger partial charge < -0.3 is 4.57 Å². The van der Waals surface area contributed by atoms with Gasteiger partial charge >= 0.3 is 0 Å². The number of hydrogen-bond donors (Lipinski definition) is 0. The van der Waals surface area contributed by atoms with Crippen LogP contribution in [0.4, 0.5) is 0 Å². The van der Waals surface area contributed by atoms with Crippen molar-refractivity contribution in [2.75, 3.05) is 0 Å². The maximum Gasteiger partial charge on any atom is 0.145 e. The number of rotatable bonds is 1. The molecule has 0 radical (unpaired) electrons. The van der Waals surface area contributed by atoms with Crippen LogP contribution in [0.3, 0.4) is 0 Å². The summed E-state index contributed by atoms with van der Waals surface area (Å²) in [7, 11) is 0. The van der Waals surface area contributed by atoms with Gasteiger partial charge in [-0.25, -0.2) is 4.98 Å². The quantitative estimate of drug-likeness (QED) is 0.518. The molecule has 0 N–H and O–H groups in total. The van der Waals surface area contributed by atoms with E-state index in [4.69, 9.17) is 0 Å². The summed E-state index contributed by atoms with van der Waals surface area (Å²) in [5.74, 6) is 0. The standard InChI is InChI=1S/C15H10N4/c1-2-6-12(7-3-1)19-8-4-5-11-9-13-14(10-16-18-13)17-15(11)19/h1-10H. The van der Waals surface area contributed by atoms with E-state index in [0.29, 0.717) is 0 Å². The fourth-order valence-electron chi connectivity index (χ4n) is 2.26. The van der Waals surface area contributed by atoms with Gasteiger partial charge in [-0.3, -0.25) is 0 Å². The molecule has 0 unspecified atom stereocenters. The molecule has 0 amide bonds. The van der Waals surface area contributed by atoms with Crippen molar-refractivity contribution < 1.29 is 0 Å². The van der Waals surface area contributed by atoms with Gasteiger partial charge in [0.2, 0.25) is 0 Å². The van der Waals surface area contributed by atoms with E-state index in [1.54, 1.807) is 6.20 Å². The van der Waals surface area contributed by atoms with Gasteiger partial charge in [0.05, 0.1) is 6.20 Å². The number of aromatic nitrogens is 4. The molecule has 0 fully saturated rings. The van der Waals surface area contributed by atoms with Crippen molar-refractivity contribution in [3.05, 3.63) is 60.9 Å². The lowest BCUT2D eigenvalue weighted by Gasteiger charge is -2.09. The van der Waals surface area contributed by atoms with Crippen molar-refractivity contribution >= 4 is 22.1 Å². The molecular weight excluding hydrogens is 236 g/mol. The average molecular weight is 246 g/mol. The molecule has 0 aliphatic rings. The van der Waals surface area contributed by atoms with Crippen LogP contribution in [0.5, 0.6) is 0 Å². The van der Waals surface area contributed by atoms with Crippen molar-refractivity contribution in [2.24, 2.45) is 0 Å². The number of hydrogen-bond acceptors (Lipinski definition) is 3. The van der Waals surface area contributed by atoms with Crippen molar-refractivity contribution in [3.63, 3.8) is 0 Å². The summed E-state index contributed by atoms with van der Waals surface area (Å²) < 4.78 is 2.07. The predicted molar refractivity (Wildman–Crippen MR) is 74.2 cm³/mol. The van der Waals surface area contributed by atoms with E-state index in [0.717, 1.165) is 27.8 Å². The van der Waals surface area contributed by atoms with Crippen LogP contribution < -0.4 is 0 Å². The van der Waals surface area contributed by atoms with E-state index in [-0.39, 0.29) is 0 Å². The van der Waals surface area contributed by atoms with Crippen molar-refractivity contribution in [3.8, 4) is 5.69 Å². The highest BCUT2D eigenvalue weighted by molar-refractivity contribution is 5.89. The molecule has 3 aromatic heterocycles. The summed E-state index contributed by atoms with van der Waals surface area (Å²) in [6.45, 7) is 0. The van der Waals surface area contributed by atoms with Gasteiger partial charge in [0.15, 0.2) is 0 Å². The second-order valence-electron chi connectivity index (χ2n) is 4.36. The Bertz CT molecular complexity index is 865. The highest BCUT2D eigenvalue weighted by Crippen LogP contribution is 2.20. The van der Waals surface area contributed by atoms with E-state index in [1.165, 1.54) is 0 Å². The van der Waals surface area contributed by atoms with E-state index >= 15 is 0 Å². The molecule has 0 saturated heterocycles. The second-order valence-corrected chi connectivity index (χ2v) is 4.36. The molecule has 0 atom stereocenters. The second kappa shape index (κ2) is 3.88. The lowest BCUT2D eigenvalue weighted by Crippen LogP contribution is -1.98. The number of nitrogens with zero attached hydrogens (tertiary/aromatic N) is 4. The number of pyridine rings is 2. The Labute approximate surface area is 109 Å². The summed E-state index contributed by atoms with van der Waals surface area (Å²) in [6.07, 6.45) is 3.71. The molecule has 4 aromatic rings. The summed E-state index contributed by atoms with van der Waals surface area (Å²) in [6, 6.07) is 16.2. The van der Waals surface area contributed by atoms with Crippen LogP contribution in [0.1, 0.15) is 0 Å². The molecule has 0 spiro atoms. The van der Waals surface area contributed by atoms with Crippen LogP contribution >= 0.6 is 0 Å². The van der Waals surface area contributed by atoms with Crippen molar-refractivity contribution in [2.45, 2.75) is 0 Å². The number of benzene rings is 1. The molecule has 0 aliphatic carbocycles. The first kappa shape index (κ1) is 10.2. The Morgan fingerprint density at radius 2 is 1.79 bits per heavy atom. The van der Waals surface area contributed by atoms with E-state index in [9.17, 15) is 0 Å². The molecule has 19 heavy (non-hydrogen) atoms. The minimum absolute atomic E-state index is 0.823. The Morgan fingerprint density at radius 1 is 0.895 bits per heavy atom. The summed E-state index contributed by atoms with van der Waals surface area (Å²) in [5, 5.41) is 9.01. The van der Waals surface area contributed by atoms with Gasteiger partial charge in [-0.05, 0) is 30.3 Å².